The van der Waals surface area contributed by atoms with Crippen molar-refractivity contribution in [3.63, 3.8) is 0 Å². The molecule has 0 amide bonds. The van der Waals surface area contributed by atoms with Crippen molar-refractivity contribution in [2.45, 2.75) is 0 Å². The van der Waals surface area contributed by atoms with Gasteiger partial charge in [-0.15, -0.1) is 0 Å². The molecule has 0 spiro atoms. The van der Waals surface area contributed by atoms with Gasteiger partial charge in [-0.25, -0.2) is 0 Å². The van der Waals surface area contributed by atoms with E-state index in [1.54, 1.807) is 6.42 Å². The standard InChI is InChI=1S/C9H10O/c1-8-3-2-4-9(7-8)5-6-10/h2-5,7,10H,1,6H2. The Morgan fingerprint density at radius 1 is 1.50 bits per heavy atom. The van der Waals surface area contributed by atoms with Gasteiger partial charge in [-0.1, -0.05) is 24.3 Å². The summed E-state index contributed by atoms with van der Waals surface area (Å²) in [4.78, 5) is 0. The maximum atomic E-state index is 8.53. The highest BCUT2D eigenvalue weighted by Gasteiger charge is 1.90. The van der Waals surface area contributed by atoms with Crippen LogP contribution in [-0.4, -0.2) is 11.7 Å². The minimum absolute atomic E-state index is 0.0868. The van der Waals surface area contributed by atoms with Crippen LogP contribution in [0, 0.1) is 13.3 Å². The highest BCUT2D eigenvalue weighted by atomic mass is 16.2. The Balaban J connectivity index is 2.75. The molecule has 1 aromatic carbocycles. The average Bonchev–Trinajstić information content (AvgIpc) is 1.88. The van der Waals surface area contributed by atoms with Crippen LogP contribution in [0.3, 0.4) is 0 Å². The van der Waals surface area contributed by atoms with E-state index in [2.05, 4.69) is 6.92 Å². The normalized spacial score (nSPS) is 9.80. The molecule has 1 N–H and O–H groups in total. The first-order valence-electron chi connectivity index (χ1n) is 3.19. The largest absolute Gasteiger partial charge is 0.396 e. The molecule has 1 heteroatoms. The summed E-state index contributed by atoms with van der Waals surface area (Å²) in [5, 5.41) is 8.53. The molecule has 0 bridgehead atoms. The van der Waals surface area contributed by atoms with Crippen LogP contribution >= 0.6 is 0 Å². The summed E-state index contributed by atoms with van der Waals surface area (Å²) >= 11 is 0. The van der Waals surface area contributed by atoms with E-state index in [9.17, 15) is 0 Å². The Labute approximate surface area is 61.3 Å². The van der Waals surface area contributed by atoms with Gasteiger partial charge < -0.3 is 5.11 Å². The summed E-state index contributed by atoms with van der Waals surface area (Å²) in [5.41, 5.74) is 2.00. The van der Waals surface area contributed by atoms with Crippen LogP contribution in [-0.2, 0) is 0 Å². The number of hydrogen-bond donors (Lipinski definition) is 1. The number of aliphatic hydroxyl groups excluding tert-OH is 1. The van der Waals surface area contributed by atoms with E-state index < -0.39 is 0 Å². The number of hydrogen-bond acceptors (Lipinski definition) is 1. The van der Waals surface area contributed by atoms with Gasteiger partial charge in [0, 0.05) is 6.42 Å². The van der Waals surface area contributed by atoms with Crippen molar-refractivity contribution in [2.24, 2.45) is 0 Å². The highest BCUT2D eigenvalue weighted by Crippen LogP contribution is 2.04. The molecule has 0 aromatic heterocycles. The predicted octanol–water partition coefficient (Wildman–Crippen LogP) is 1.41. The Kier molecular flexibility index (Phi) is 2.46. The molecule has 0 unspecified atom stereocenters. The van der Waals surface area contributed by atoms with Gasteiger partial charge in [0.25, 0.3) is 0 Å². The monoisotopic (exact) mass is 134 g/mol. The van der Waals surface area contributed by atoms with Crippen LogP contribution < -0.4 is 0 Å². The Hall–Kier alpha value is -0.820. The number of rotatable bonds is 2. The van der Waals surface area contributed by atoms with Gasteiger partial charge in [0.2, 0.25) is 0 Å². The lowest BCUT2D eigenvalue weighted by Gasteiger charge is -1.97. The molecule has 0 aliphatic carbocycles. The van der Waals surface area contributed by atoms with Crippen molar-refractivity contribution >= 4 is 0 Å². The van der Waals surface area contributed by atoms with E-state index in [4.69, 9.17) is 5.11 Å². The molecule has 0 aliphatic rings. The van der Waals surface area contributed by atoms with E-state index in [1.165, 1.54) is 0 Å². The highest BCUT2D eigenvalue weighted by molar-refractivity contribution is 5.29. The zero-order valence-electron chi connectivity index (χ0n) is 5.75. The van der Waals surface area contributed by atoms with E-state index in [0.717, 1.165) is 11.1 Å². The van der Waals surface area contributed by atoms with Crippen LogP contribution in [0.4, 0.5) is 0 Å². The SMILES string of the molecule is [CH2]c1cccc([CH]CO)c1. The molecule has 0 atom stereocenters. The van der Waals surface area contributed by atoms with Crippen LogP contribution in [0.25, 0.3) is 0 Å². The Morgan fingerprint density at radius 3 is 2.90 bits per heavy atom. The minimum atomic E-state index is 0.0868. The fourth-order valence-electron chi connectivity index (χ4n) is 0.825. The van der Waals surface area contributed by atoms with Gasteiger partial charge in [-0.05, 0) is 18.1 Å². The summed E-state index contributed by atoms with van der Waals surface area (Å²) in [6.45, 7) is 3.85. The smallest absolute Gasteiger partial charge is 0.0506 e. The van der Waals surface area contributed by atoms with Crippen LogP contribution in [0.1, 0.15) is 11.1 Å². The van der Waals surface area contributed by atoms with Crippen molar-refractivity contribution < 1.29 is 5.11 Å². The fraction of sp³-hybridized carbons (Fsp3) is 0.111. The lowest BCUT2D eigenvalue weighted by molar-refractivity contribution is 0.331. The van der Waals surface area contributed by atoms with Crippen molar-refractivity contribution in [3.8, 4) is 0 Å². The molecular formula is C9H10O. The molecule has 0 saturated carbocycles. The van der Waals surface area contributed by atoms with Gasteiger partial charge >= 0.3 is 0 Å². The Bertz CT molecular complexity index is 206. The Morgan fingerprint density at radius 2 is 2.30 bits per heavy atom. The predicted molar refractivity (Wildman–Crippen MR) is 41.4 cm³/mol. The third-order valence-corrected chi connectivity index (χ3v) is 1.28. The third kappa shape index (κ3) is 1.85. The summed E-state index contributed by atoms with van der Waals surface area (Å²) in [5.74, 6) is 0. The molecule has 1 nitrogen and oxygen atoms in total. The van der Waals surface area contributed by atoms with Gasteiger partial charge in [0.1, 0.15) is 0 Å². The molecule has 0 saturated heterocycles. The molecule has 1 aromatic rings. The number of aliphatic hydroxyl groups is 1. The summed E-state index contributed by atoms with van der Waals surface area (Å²) in [6, 6.07) is 7.71. The van der Waals surface area contributed by atoms with Crippen molar-refractivity contribution in [1.29, 1.82) is 0 Å². The molecule has 0 aliphatic heterocycles. The second-order valence-corrected chi connectivity index (χ2v) is 2.13. The minimum Gasteiger partial charge on any atom is -0.396 e. The zero-order chi connectivity index (χ0) is 7.40. The second-order valence-electron chi connectivity index (χ2n) is 2.13. The van der Waals surface area contributed by atoms with Crippen LogP contribution in [0.2, 0.25) is 0 Å². The van der Waals surface area contributed by atoms with Gasteiger partial charge in [-0.2, -0.15) is 0 Å². The first-order chi connectivity index (χ1) is 4.83. The lowest BCUT2D eigenvalue weighted by Crippen LogP contribution is -1.86. The third-order valence-electron chi connectivity index (χ3n) is 1.28. The summed E-state index contributed by atoms with van der Waals surface area (Å²) in [7, 11) is 0. The molecule has 0 heterocycles. The lowest BCUT2D eigenvalue weighted by atomic mass is 10.1. The van der Waals surface area contributed by atoms with Crippen LogP contribution in [0.5, 0.6) is 0 Å². The van der Waals surface area contributed by atoms with Crippen molar-refractivity contribution in [1.82, 2.24) is 0 Å². The second kappa shape index (κ2) is 3.37. The maximum Gasteiger partial charge on any atom is 0.0506 e. The van der Waals surface area contributed by atoms with E-state index in [0.29, 0.717) is 0 Å². The first kappa shape index (κ1) is 7.29. The molecule has 52 valence electrons. The molecule has 0 fully saturated rings. The van der Waals surface area contributed by atoms with E-state index >= 15 is 0 Å². The molecular weight excluding hydrogens is 124 g/mol. The molecule has 2 radical (unpaired) electrons. The number of benzene rings is 1. The molecule has 10 heavy (non-hydrogen) atoms. The van der Waals surface area contributed by atoms with Crippen molar-refractivity contribution in [3.05, 3.63) is 48.7 Å². The fourth-order valence-corrected chi connectivity index (χ4v) is 0.825. The van der Waals surface area contributed by atoms with Gasteiger partial charge in [0.05, 0.1) is 6.61 Å². The van der Waals surface area contributed by atoms with Gasteiger partial charge in [-0.3, -0.25) is 0 Å². The van der Waals surface area contributed by atoms with E-state index in [1.807, 2.05) is 24.3 Å². The van der Waals surface area contributed by atoms with E-state index in [-0.39, 0.29) is 6.61 Å². The summed E-state index contributed by atoms with van der Waals surface area (Å²) < 4.78 is 0. The van der Waals surface area contributed by atoms with Crippen molar-refractivity contribution in [2.75, 3.05) is 6.61 Å². The quantitative estimate of drug-likeness (QED) is 0.648. The average molecular weight is 134 g/mol. The topological polar surface area (TPSA) is 20.2 Å². The van der Waals surface area contributed by atoms with Crippen LogP contribution in [0.15, 0.2) is 24.3 Å². The zero-order valence-corrected chi connectivity index (χ0v) is 5.75. The maximum absolute atomic E-state index is 8.53. The first-order valence-corrected chi connectivity index (χ1v) is 3.19. The summed E-state index contributed by atoms with van der Waals surface area (Å²) in [6.07, 6.45) is 1.74. The van der Waals surface area contributed by atoms with Gasteiger partial charge in [0.15, 0.2) is 0 Å². The molecule has 1 rings (SSSR count).